The van der Waals surface area contributed by atoms with Gasteiger partial charge in [-0.2, -0.15) is 8.42 Å². The third-order valence-corrected chi connectivity index (χ3v) is 1.81. The quantitative estimate of drug-likeness (QED) is 0.419. The standard InChI is InChI=1S/C2H5ClO4S/c3-1-2(4)8(5,6)7/h2,4H,1H2,(H,5,6,7)/t2-/m1/s1. The van der Waals surface area contributed by atoms with Crippen molar-refractivity contribution in [2.75, 3.05) is 5.88 Å². The molecule has 8 heavy (non-hydrogen) atoms. The number of hydrogen-bond donors (Lipinski definition) is 2. The third kappa shape index (κ3) is 2.46. The summed E-state index contributed by atoms with van der Waals surface area (Å²) in [5.41, 5.74) is -1.86. The van der Waals surface area contributed by atoms with E-state index in [1.54, 1.807) is 0 Å². The van der Waals surface area contributed by atoms with Crippen LogP contribution in [0.5, 0.6) is 0 Å². The van der Waals surface area contributed by atoms with Crippen LogP contribution >= 0.6 is 11.6 Å². The zero-order valence-corrected chi connectivity index (χ0v) is 5.35. The van der Waals surface area contributed by atoms with Crippen LogP contribution in [0.25, 0.3) is 0 Å². The van der Waals surface area contributed by atoms with Crippen LogP contribution in [0.4, 0.5) is 0 Å². The maximum atomic E-state index is 9.78. The Morgan fingerprint density at radius 1 is 1.62 bits per heavy atom. The number of aliphatic hydroxyl groups excluding tert-OH is 1. The average molecular weight is 161 g/mol. The predicted molar refractivity (Wildman–Crippen MR) is 28.3 cm³/mol. The Morgan fingerprint density at radius 2 is 2.00 bits per heavy atom. The lowest BCUT2D eigenvalue weighted by Gasteiger charge is -1.98. The molecule has 0 saturated heterocycles. The van der Waals surface area contributed by atoms with Crippen LogP contribution in [0.15, 0.2) is 0 Å². The Hall–Kier alpha value is 0.160. The summed E-state index contributed by atoms with van der Waals surface area (Å²) in [6, 6.07) is 0. The minimum atomic E-state index is -4.33. The molecule has 0 aromatic heterocycles. The van der Waals surface area contributed by atoms with Crippen LogP contribution in [0.1, 0.15) is 0 Å². The first kappa shape index (κ1) is 8.16. The second-order valence-electron chi connectivity index (χ2n) is 1.12. The summed E-state index contributed by atoms with van der Waals surface area (Å²) in [6.45, 7) is 0. The third-order valence-electron chi connectivity index (χ3n) is 0.476. The summed E-state index contributed by atoms with van der Waals surface area (Å²) in [4.78, 5) is 0. The molecule has 0 unspecified atom stereocenters. The van der Waals surface area contributed by atoms with E-state index in [0.717, 1.165) is 0 Å². The molecule has 0 aliphatic carbocycles. The van der Waals surface area contributed by atoms with Gasteiger partial charge >= 0.3 is 0 Å². The van der Waals surface area contributed by atoms with E-state index in [9.17, 15) is 8.42 Å². The molecule has 0 saturated carbocycles. The van der Waals surface area contributed by atoms with Gasteiger partial charge in [-0.15, -0.1) is 11.6 Å². The molecule has 50 valence electrons. The predicted octanol–water partition coefficient (Wildman–Crippen LogP) is -0.569. The van der Waals surface area contributed by atoms with Gasteiger partial charge in [0.05, 0.1) is 5.88 Å². The Bertz CT molecular complexity index is 149. The monoisotopic (exact) mass is 160 g/mol. The Balaban J connectivity index is 4.04. The lowest BCUT2D eigenvalue weighted by atomic mass is 10.9. The van der Waals surface area contributed by atoms with Crippen molar-refractivity contribution in [3.8, 4) is 0 Å². The number of halogens is 1. The zero-order chi connectivity index (χ0) is 6.78. The van der Waals surface area contributed by atoms with Gasteiger partial charge in [0.15, 0.2) is 5.44 Å². The highest BCUT2D eigenvalue weighted by Crippen LogP contribution is 1.94. The maximum Gasteiger partial charge on any atom is 0.293 e. The molecule has 0 aliphatic heterocycles. The van der Waals surface area contributed by atoms with E-state index in [-0.39, 0.29) is 0 Å². The van der Waals surface area contributed by atoms with Gasteiger partial charge in [0.25, 0.3) is 10.1 Å². The topological polar surface area (TPSA) is 74.6 Å². The van der Waals surface area contributed by atoms with E-state index in [1.807, 2.05) is 0 Å². The van der Waals surface area contributed by atoms with Crippen molar-refractivity contribution in [2.24, 2.45) is 0 Å². The second kappa shape index (κ2) is 2.63. The molecule has 2 N–H and O–H groups in total. The number of hydrogen-bond acceptors (Lipinski definition) is 3. The summed E-state index contributed by atoms with van der Waals surface area (Å²) in [5, 5.41) is 8.22. The van der Waals surface area contributed by atoms with E-state index in [1.165, 1.54) is 0 Å². The fourth-order valence-electron chi connectivity index (χ4n) is 0.0796. The van der Waals surface area contributed by atoms with Crippen molar-refractivity contribution >= 4 is 21.7 Å². The SMILES string of the molecule is O=S(=O)(O)[C@@H](O)CCl. The molecule has 0 aromatic rings. The molecular weight excluding hydrogens is 156 g/mol. The lowest BCUT2D eigenvalue weighted by molar-refractivity contribution is 0.254. The van der Waals surface area contributed by atoms with Crippen molar-refractivity contribution < 1.29 is 18.1 Å². The van der Waals surface area contributed by atoms with Gasteiger partial charge in [-0.05, 0) is 0 Å². The summed E-state index contributed by atoms with van der Waals surface area (Å²) in [5.74, 6) is -0.515. The van der Waals surface area contributed by atoms with Crippen LogP contribution in [0.3, 0.4) is 0 Å². The molecule has 0 rings (SSSR count). The van der Waals surface area contributed by atoms with Gasteiger partial charge in [-0.25, -0.2) is 0 Å². The average Bonchev–Trinajstić information content (AvgIpc) is 1.62. The normalized spacial score (nSPS) is 15.9. The van der Waals surface area contributed by atoms with Crippen molar-refractivity contribution in [1.29, 1.82) is 0 Å². The second-order valence-corrected chi connectivity index (χ2v) is 3.01. The van der Waals surface area contributed by atoms with Crippen LogP contribution in [0.2, 0.25) is 0 Å². The van der Waals surface area contributed by atoms with E-state index < -0.39 is 21.4 Å². The van der Waals surface area contributed by atoms with Crippen molar-refractivity contribution in [2.45, 2.75) is 5.44 Å². The summed E-state index contributed by atoms with van der Waals surface area (Å²) < 4.78 is 27.5. The van der Waals surface area contributed by atoms with Crippen molar-refractivity contribution in [1.82, 2.24) is 0 Å². The smallest absolute Gasteiger partial charge is 0.293 e. The molecule has 0 aromatic carbocycles. The fourth-order valence-corrected chi connectivity index (χ4v) is 0.716. The highest BCUT2D eigenvalue weighted by molar-refractivity contribution is 7.86. The largest absolute Gasteiger partial charge is 0.374 e. The van der Waals surface area contributed by atoms with Crippen molar-refractivity contribution in [3.05, 3.63) is 0 Å². The van der Waals surface area contributed by atoms with Gasteiger partial charge in [-0.1, -0.05) is 0 Å². The van der Waals surface area contributed by atoms with E-state index in [2.05, 4.69) is 0 Å². The Morgan fingerprint density at radius 3 is 2.00 bits per heavy atom. The Kier molecular flexibility index (Phi) is 2.68. The number of alkyl halides is 1. The molecule has 4 nitrogen and oxygen atoms in total. The zero-order valence-electron chi connectivity index (χ0n) is 3.78. The highest BCUT2D eigenvalue weighted by atomic mass is 35.5. The van der Waals surface area contributed by atoms with Crippen molar-refractivity contribution in [3.63, 3.8) is 0 Å². The van der Waals surface area contributed by atoms with Gasteiger partial charge in [0.1, 0.15) is 0 Å². The molecule has 0 fully saturated rings. The molecule has 0 bridgehead atoms. The van der Waals surface area contributed by atoms with Crippen LogP contribution in [0, 0.1) is 0 Å². The fraction of sp³-hybridized carbons (Fsp3) is 1.00. The molecule has 0 spiro atoms. The Labute approximate surface area is 51.8 Å². The summed E-state index contributed by atoms with van der Waals surface area (Å²) in [7, 11) is -4.33. The molecular formula is C2H5ClO4S. The first-order valence-electron chi connectivity index (χ1n) is 1.69. The van der Waals surface area contributed by atoms with Gasteiger partial charge in [0.2, 0.25) is 0 Å². The highest BCUT2D eigenvalue weighted by Gasteiger charge is 2.16. The molecule has 6 heteroatoms. The van der Waals surface area contributed by atoms with Crippen LogP contribution in [-0.2, 0) is 10.1 Å². The van der Waals surface area contributed by atoms with Crippen LogP contribution in [-0.4, -0.2) is 29.4 Å². The van der Waals surface area contributed by atoms with E-state index >= 15 is 0 Å². The lowest BCUT2D eigenvalue weighted by Crippen LogP contribution is -2.20. The molecule has 0 heterocycles. The minimum absolute atomic E-state index is 0.515. The summed E-state index contributed by atoms with van der Waals surface area (Å²) >= 11 is 4.85. The van der Waals surface area contributed by atoms with Gasteiger partial charge in [0, 0.05) is 0 Å². The van der Waals surface area contributed by atoms with E-state index in [0.29, 0.717) is 0 Å². The summed E-state index contributed by atoms with van der Waals surface area (Å²) in [6.07, 6.45) is 0. The van der Waals surface area contributed by atoms with Crippen LogP contribution < -0.4 is 0 Å². The van der Waals surface area contributed by atoms with E-state index in [4.69, 9.17) is 21.3 Å². The number of aliphatic hydroxyl groups is 1. The maximum absolute atomic E-state index is 9.78. The first-order chi connectivity index (χ1) is 3.48. The molecule has 1 atom stereocenters. The van der Waals surface area contributed by atoms with Gasteiger partial charge in [-0.3, -0.25) is 4.55 Å². The minimum Gasteiger partial charge on any atom is -0.374 e. The first-order valence-corrected chi connectivity index (χ1v) is 3.72. The number of rotatable bonds is 2. The molecule has 0 radical (unpaired) electrons. The van der Waals surface area contributed by atoms with Gasteiger partial charge < -0.3 is 5.11 Å². The molecule has 0 amide bonds. The molecule has 0 aliphatic rings.